The highest BCUT2D eigenvalue weighted by Crippen LogP contribution is 2.38. The summed E-state index contributed by atoms with van der Waals surface area (Å²) in [4.78, 5) is 27.3. The SMILES string of the molecule is CCN(CCO)S(=O)(=O)c1ccc(/C(=N\O[C@@H]2CCOC2)C(=O)Nc2cnc(C3CC3)cn2)cc1. The largest absolute Gasteiger partial charge is 0.395 e. The number of oxime groups is 1. The number of hydrogen-bond acceptors (Lipinski definition) is 9. The van der Waals surface area contributed by atoms with E-state index in [1.54, 1.807) is 13.1 Å². The predicted octanol–water partition coefficient (Wildman–Crippen LogP) is 1.51. The van der Waals surface area contributed by atoms with Crippen LogP contribution in [0.15, 0.2) is 46.7 Å². The lowest BCUT2D eigenvalue weighted by Crippen LogP contribution is -2.33. The fourth-order valence-corrected chi connectivity index (χ4v) is 5.05. The standard InChI is InChI=1S/C23H29N5O6S/c1-2-28(10-11-29)35(31,32)19-7-5-17(6-8-19)22(27-34-18-9-12-33-15-18)23(30)26-21-14-24-20(13-25-21)16-3-4-16/h5-8,13-14,16,18,29H,2-4,9-12,15H2,1H3,(H,25,26,30)/b27-22+/t18-/m1/s1. The molecule has 1 amide bonds. The van der Waals surface area contributed by atoms with Crippen LogP contribution in [0.5, 0.6) is 0 Å². The maximum absolute atomic E-state index is 13.1. The van der Waals surface area contributed by atoms with Gasteiger partial charge < -0.3 is 20.0 Å². The Morgan fingerprint density at radius 1 is 1.23 bits per heavy atom. The molecular formula is C23H29N5O6S. The molecule has 1 aliphatic heterocycles. The number of ether oxygens (including phenoxy) is 1. The van der Waals surface area contributed by atoms with E-state index in [-0.39, 0.29) is 42.2 Å². The van der Waals surface area contributed by atoms with E-state index in [4.69, 9.17) is 9.57 Å². The Labute approximate surface area is 204 Å². The zero-order valence-corrected chi connectivity index (χ0v) is 20.3. The van der Waals surface area contributed by atoms with E-state index >= 15 is 0 Å². The third-order valence-corrected chi connectivity index (χ3v) is 7.76. The smallest absolute Gasteiger partial charge is 0.279 e. The van der Waals surface area contributed by atoms with Gasteiger partial charge in [0.15, 0.2) is 17.6 Å². The molecule has 2 aromatic rings. The zero-order valence-electron chi connectivity index (χ0n) is 19.5. The van der Waals surface area contributed by atoms with Crippen LogP contribution in [0.3, 0.4) is 0 Å². The van der Waals surface area contributed by atoms with Gasteiger partial charge in [0.1, 0.15) is 0 Å². The van der Waals surface area contributed by atoms with Crippen molar-refractivity contribution in [2.45, 2.75) is 43.1 Å². The summed E-state index contributed by atoms with van der Waals surface area (Å²) in [5.41, 5.74) is 1.24. The lowest BCUT2D eigenvalue weighted by atomic mass is 10.1. The minimum atomic E-state index is -3.79. The van der Waals surface area contributed by atoms with E-state index in [2.05, 4.69) is 20.4 Å². The first-order valence-electron chi connectivity index (χ1n) is 11.6. The van der Waals surface area contributed by atoms with E-state index in [9.17, 15) is 18.3 Å². The maximum atomic E-state index is 13.1. The Bertz CT molecular complexity index is 1140. The van der Waals surface area contributed by atoms with Gasteiger partial charge in [0, 0.05) is 31.0 Å². The summed E-state index contributed by atoms with van der Waals surface area (Å²) in [6, 6.07) is 5.79. The number of nitrogens with zero attached hydrogens (tertiary/aromatic N) is 4. The molecule has 1 aromatic carbocycles. The van der Waals surface area contributed by atoms with Crippen LogP contribution < -0.4 is 5.32 Å². The second-order valence-electron chi connectivity index (χ2n) is 8.33. The molecule has 0 bridgehead atoms. The van der Waals surface area contributed by atoms with Gasteiger partial charge in [-0.25, -0.2) is 13.4 Å². The molecule has 11 nitrogen and oxygen atoms in total. The zero-order chi connectivity index (χ0) is 24.8. The van der Waals surface area contributed by atoms with E-state index < -0.39 is 15.9 Å². The van der Waals surface area contributed by atoms with Gasteiger partial charge >= 0.3 is 0 Å². The van der Waals surface area contributed by atoms with E-state index in [0.29, 0.717) is 31.1 Å². The number of sulfonamides is 1. The molecule has 188 valence electrons. The Hall–Kier alpha value is -2.93. The first-order chi connectivity index (χ1) is 16.9. The second kappa shape index (κ2) is 11.2. The van der Waals surface area contributed by atoms with Gasteiger partial charge in [-0.1, -0.05) is 24.2 Å². The number of hydrogen-bond donors (Lipinski definition) is 2. The number of amides is 1. The summed E-state index contributed by atoms with van der Waals surface area (Å²) < 4.78 is 32.1. The van der Waals surface area contributed by atoms with Crippen LogP contribution in [0.1, 0.15) is 43.4 Å². The summed E-state index contributed by atoms with van der Waals surface area (Å²) in [6.45, 7) is 2.56. The molecule has 2 heterocycles. The highest BCUT2D eigenvalue weighted by atomic mass is 32.2. The molecule has 0 unspecified atom stereocenters. The van der Waals surface area contributed by atoms with Gasteiger partial charge in [-0.3, -0.25) is 9.78 Å². The number of carbonyl (C=O) groups excluding carboxylic acids is 1. The lowest BCUT2D eigenvalue weighted by molar-refractivity contribution is -0.110. The number of aliphatic hydroxyl groups is 1. The van der Waals surface area contributed by atoms with Gasteiger partial charge in [0.05, 0.1) is 42.8 Å². The fraction of sp³-hybridized carbons (Fsp3) is 0.478. The number of nitrogens with one attached hydrogen (secondary N) is 1. The Morgan fingerprint density at radius 3 is 2.57 bits per heavy atom. The molecule has 1 saturated heterocycles. The first kappa shape index (κ1) is 25.2. The molecular weight excluding hydrogens is 474 g/mol. The molecule has 0 radical (unpaired) electrons. The van der Waals surface area contributed by atoms with Crippen LogP contribution in [-0.4, -0.2) is 78.4 Å². The second-order valence-corrected chi connectivity index (χ2v) is 10.3. The van der Waals surface area contributed by atoms with Crippen molar-refractivity contribution >= 4 is 27.5 Å². The molecule has 0 spiro atoms. The quantitative estimate of drug-likeness (QED) is 0.347. The van der Waals surface area contributed by atoms with E-state index in [0.717, 1.165) is 18.5 Å². The van der Waals surface area contributed by atoms with Crippen molar-refractivity contribution in [1.29, 1.82) is 0 Å². The van der Waals surface area contributed by atoms with Crippen LogP contribution in [0.2, 0.25) is 0 Å². The monoisotopic (exact) mass is 503 g/mol. The minimum absolute atomic E-state index is 0.00638. The average Bonchev–Trinajstić information content (AvgIpc) is 3.58. The van der Waals surface area contributed by atoms with E-state index in [1.165, 1.54) is 34.8 Å². The minimum Gasteiger partial charge on any atom is -0.395 e. The van der Waals surface area contributed by atoms with Crippen molar-refractivity contribution in [3.05, 3.63) is 47.9 Å². The number of rotatable bonds is 11. The molecule has 1 aliphatic carbocycles. The van der Waals surface area contributed by atoms with Crippen molar-refractivity contribution in [2.24, 2.45) is 5.16 Å². The molecule has 35 heavy (non-hydrogen) atoms. The van der Waals surface area contributed by atoms with E-state index in [1.807, 2.05) is 0 Å². The molecule has 1 atom stereocenters. The van der Waals surface area contributed by atoms with Crippen LogP contribution in [-0.2, 0) is 24.4 Å². The number of carbonyl (C=O) groups is 1. The summed E-state index contributed by atoms with van der Waals surface area (Å²) in [6.07, 6.45) is 5.74. The Morgan fingerprint density at radius 2 is 2.00 bits per heavy atom. The first-order valence-corrected chi connectivity index (χ1v) is 13.0. The Kier molecular flexibility index (Phi) is 8.06. The van der Waals surface area contributed by atoms with Crippen molar-refractivity contribution in [2.75, 3.05) is 38.2 Å². The van der Waals surface area contributed by atoms with Gasteiger partial charge in [0.25, 0.3) is 5.91 Å². The number of aromatic nitrogens is 2. The third kappa shape index (κ3) is 6.20. The molecule has 1 saturated carbocycles. The van der Waals surface area contributed by atoms with Crippen LogP contribution in [0, 0.1) is 0 Å². The molecule has 2 N–H and O–H groups in total. The molecule has 1 aromatic heterocycles. The summed E-state index contributed by atoms with van der Waals surface area (Å²) in [5, 5.41) is 15.9. The molecule has 4 rings (SSSR count). The normalized spacial score (nSPS) is 18.6. The molecule has 2 aliphatic rings. The number of benzene rings is 1. The lowest BCUT2D eigenvalue weighted by Gasteiger charge is -2.19. The summed E-state index contributed by atoms with van der Waals surface area (Å²) in [7, 11) is -3.79. The van der Waals surface area contributed by atoms with Gasteiger partial charge in [-0.05, 0) is 25.0 Å². The Balaban J connectivity index is 1.55. The number of aliphatic hydroxyl groups excluding tert-OH is 1. The van der Waals surface area contributed by atoms with Crippen molar-refractivity contribution < 1.29 is 27.9 Å². The number of anilines is 1. The average molecular weight is 504 g/mol. The highest BCUT2D eigenvalue weighted by Gasteiger charge is 2.26. The molecule has 12 heteroatoms. The summed E-state index contributed by atoms with van der Waals surface area (Å²) >= 11 is 0. The summed E-state index contributed by atoms with van der Waals surface area (Å²) in [5.74, 6) is 0.156. The van der Waals surface area contributed by atoms with Gasteiger partial charge in [-0.2, -0.15) is 4.31 Å². The topological polar surface area (TPSA) is 143 Å². The predicted molar refractivity (Wildman–Crippen MR) is 127 cm³/mol. The number of likely N-dealkylation sites (N-methyl/N-ethyl adjacent to an activating group) is 1. The van der Waals surface area contributed by atoms with Crippen molar-refractivity contribution in [3.63, 3.8) is 0 Å². The fourth-order valence-electron chi connectivity index (χ4n) is 3.61. The van der Waals surface area contributed by atoms with Crippen LogP contribution in [0.4, 0.5) is 5.82 Å². The van der Waals surface area contributed by atoms with Crippen LogP contribution in [0.25, 0.3) is 0 Å². The highest BCUT2D eigenvalue weighted by molar-refractivity contribution is 7.89. The third-order valence-electron chi connectivity index (χ3n) is 5.77. The van der Waals surface area contributed by atoms with Gasteiger partial charge in [-0.15, -0.1) is 0 Å². The van der Waals surface area contributed by atoms with Crippen molar-refractivity contribution in [3.8, 4) is 0 Å². The van der Waals surface area contributed by atoms with Crippen molar-refractivity contribution in [1.82, 2.24) is 14.3 Å². The van der Waals surface area contributed by atoms with Gasteiger partial charge in [0.2, 0.25) is 10.0 Å². The van der Waals surface area contributed by atoms with Crippen LogP contribution >= 0.6 is 0 Å². The maximum Gasteiger partial charge on any atom is 0.279 e. The molecule has 2 fully saturated rings.